The maximum atomic E-state index is 9.68. The van der Waals surface area contributed by atoms with Crippen LogP contribution in [0.2, 0.25) is 5.15 Å². The standard InChI is InChI=1S/C14H16ClN3/c1-18-11-3-4-12(18)7-14(6-11,9-16)10-2-5-13(15)17-8-10/h2,5,8,11-12H,3-4,6-7H2,1H3. The van der Waals surface area contributed by atoms with Crippen LogP contribution in [-0.2, 0) is 5.41 Å². The van der Waals surface area contributed by atoms with Crippen molar-refractivity contribution in [2.75, 3.05) is 7.05 Å². The summed E-state index contributed by atoms with van der Waals surface area (Å²) in [6.45, 7) is 0. The molecule has 94 valence electrons. The Kier molecular flexibility index (Phi) is 2.80. The van der Waals surface area contributed by atoms with Gasteiger partial charge in [-0.1, -0.05) is 17.7 Å². The maximum absolute atomic E-state index is 9.68. The van der Waals surface area contributed by atoms with E-state index < -0.39 is 0 Å². The van der Waals surface area contributed by atoms with E-state index >= 15 is 0 Å². The van der Waals surface area contributed by atoms with Crippen molar-refractivity contribution in [2.24, 2.45) is 0 Å². The van der Waals surface area contributed by atoms with E-state index in [2.05, 4.69) is 23.0 Å². The summed E-state index contributed by atoms with van der Waals surface area (Å²) in [5.74, 6) is 0. The topological polar surface area (TPSA) is 39.9 Å². The lowest BCUT2D eigenvalue weighted by Gasteiger charge is -2.41. The quantitative estimate of drug-likeness (QED) is 0.730. The molecular formula is C14H16ClN3. The Hall–Kier alpha value is -1.11. The average Bonchev–Trinajstić information content (AvgIpc) is 2.63. The first-order chi connectivity index (χ1) is 8.64. The predicted octanol–water partition coefficient (Wildman–Crippen LogP) is 2.75. The molecule has 0 aromatic carbocycles. The largest absolute Gasteiger partial charge is 0.300 e. The highest BCUT2D eigenvalue weighted by atomic mass is 35.5. The molecule has 0 spiro atoms. The van der Waals surface area contributed by atoms with Gasteiger partial charge in [0, 0.05) is 18.3 Å². The molecule has 3 heterocycles. The fraction of sp³-hybridized carbons (Fsp3) is 0.571. The molecule has 0 radical (unpaired) electrons. The van der Waals surface area contributed by atoms with Crippen molar-refractivity contribution in [3.63, 3.8) is 0 Å². The van der Waals surface area contributed by atoms with E-state index in [1.54, 1.807) is 12.3 Å². The van der Waals surface area contributed by atoms with Crippen LogP contribution in [0.5, 0.6) is 0 Å². The van der Waals surface area contributed by atoms with E-state index in [1.165, 1.54) is 12.8 Å². The molecular weight excluding hydrogens is 246 g/mol. The molecule has 2 aliphatic rings. The van der Waals surface area contributed by atoms with E-state index in [1.807, 2.05) is 6.07 Å². The average molecular weight is 262 g/mol. The lowest BCUT2D eigenvalue weighted by molar-refractivity contribution is 0.135. The van der Waals surface area contributed by atoms with Crippen molar-refractivity contribution in [3.05, 3.63) is 29.0 Å². The minimum Gasteiger partial charge on any atom is -0.300 e. The summed E-state index contributed by atoms with van der Waals surface area (Å²) in [5.41, 5.74) is 0.662. The molecule has 2 atom stereocenters. The normalized spacial score (nSPS) is 35.4. The molecule has 2 aliphatic heterocycles. The number of nitrogens with zero attached hydrogens (tertiary/aromatic N) is 3. The lowest BCUT2D eigenvalue weighted by atomic mass is 9.72. The third-order valence-electron chi connectivity index (χ3n) is 4.65. The first-order valence-electron chi connectivity index (χ1n) is 6.40. The van der Waals surface area contributed by atoms with Crippen LogP contribution in [0, 0.1) is 11.3 Å². The summed E-state index contributed by atoms with van der Waals surface area (Å²) >= 11 is 5.83. The van der Waals surface area contributed by atoms with Gasteiger partial charge >= 0.3 is 0 Å². The van der Waals surface area contributed by atoms with Gasteiger partial charge in [0.25, 0.3) is 0 Å². The van der Waals surface area contributed by atoms with Crippen LogP contribution in [0.15, 0.2) is 18.3 Å². The second-order valence-corrected chi connectivity index (χ2v) is 5.91. The van der Waals surface area contributed by atoms with Gasteiger partial charge in [0.05, 0.1) is 11.5 Å². The van der Waals surface area contributed by atoms with Crippen LogP contribution in [0.1, 0.15) is 31.2 Å². The van der Waals surface area contributed by atoms with E-state index in [4.69, 9.17) is 11.6 Å². The van der Waals surface area contributed by atoms with E-state index in [9.17, 15) is 5.26 Å². The number of piperidine rings is 1. The highest BCUT2D eigenvalue weighted by Gasteiger charge is 2.48. The van der Waals surface area contributed by atoms with Crippen molar-refractivity contribution in [2.45, 2.75) is 43.2 Å². The van der Waals surface area contributed by atoms with Crippen molar-refractivity contribution in [1.82, 2.24) is 9.88 Å². The molecule has 18 heavy (non-hydrogen) atoms. The summed E-state index contributed by atoms with van der Waals surface area (Å²) in [5, 5.41) is 10.2. The van der Waals surface area contributed by atoms with E-state index in [0.717, 1.165) is 18.4 Å². The Morgan fingerprint density at radius 3 is 2.56 bits per heavy atom. The Bertz CT molecular complexity index is 477. The van der Waals surface area contributed by atoms with Gasteiger partial charge in [-0.3, -0.25) is 0 Å². The Morgan fingerprint density at radius 2 is 2.06 bits per heavy atom. The molecule has 3 nitrogen and oxygen atoms in total. The molecule has 0 saturated carbocycles. The zero-order valence-corrected chi connectivity index (χ0v) is 11.2. The van der Waals surface area contributed by atoms with Crippen LogP contribution >= 0.6 is 11.6 Å². The Labute approximate surface area is 112 Å². The fourth-order valence-corrected chi connectivity index (χ4v) is 3.63. The summed E-state index contributed by atoms with van der Waals surface area (Å²) < 4.78 is 0. The van der Waals surface area contributed by atoms with Crippen molar-refractivity contribution >= 4 is 11.6 Å². The molecule has 1 aromatic heterocycles. The van der Waals surface area contributed by atoms with Gasteiger partial charge in [-0.25, -0.2) is 4.98 Å². The van der Waals surface area contributed by atoms with Gasteiger partial charge < -0.3 is 4.90 Å². The van der Waals surface area contributed by atoms with Gasteiger partial charge in [0.15, 0.2) is 0 Å². The molecule has 2 bridgehead atoms. The molecule has 2 fully saturated rings. The van der Waals surface area contributed by atoms with Crippen LogP contribution in [-0.4, -0.2) is 29.0 Å². The zero-order valence-electron chi connectivity index (χ0n) is 10.4. The predicted molar refractivity (Wildman–Crippen MR) is 70.3 cm³/mol. The summed E-state index contributed by atoms with van der Waals surface area (Å²) in [6, 6.07) is 7.40. The zero-order chi connectivity index (χ0) is 12.8. The third kappa shape index (κ3) is 1.72. The number of aromatic nitrogens is 1. The summed E-state index contributed by atoms with van der Waals surface area (Å²) in [7, 11) is 2.18. The van der Waals surface area contributed by atoms with Crippen LogP contribution in [0.4, 0.5) is 0 Å². The van der Waals surface area contributed by atoms with Gasteiger partial charge in [0.1, 0.15) is 5.15 Å². The highest BCUT2D eigenvalue weighted by Crippen LogP contribution is 2.46. The lowest BCUT2D eigenvalue weighted by Crippen LogP contribution is -2.47. The minimum atomic E-state index is -0.365. The van der Waals surface area contributed by atoms with Crippen LogP contribution < -0.4 is 0 Å². The molecule has 0 N–H and O–H groups in total. The first kappa shape index (κ1) is 12.0. The fourth-order valence-electron chi connectivity index (χ4n) is 3.52. The number of fused-ring (bicyclic) bond motifs is 2. The first-order valence-corrected chi connectivity index (χ1v) is 6.78. The number of hydrogen-bond acceptors (Lipinski definition) is 3. The molecule has 1 aromatic rings. The summed E-state index contributed by atoms with van der Waals surface area (Å²) in [4.78, 5) is 6.58. The molecule has 4 heteroatoms. The van der Waals surface area contributed by atoms with E-state index in [-0.39, 0.29) is 5.41 Å². The van der Waals surface area contributed by atoms with Crippen LogP contribution in [0.3, 0.4) is 0 Å². The number of hydrogen-bond donors (Lipinski definition) is 0. The summed E-state index contributed by atoms with van der Waals surface area (Å²) in [6.07, 6.45) is 6.03. The molecule has 0 aliphatic carbocycles. The maximum Gasteiger partial charge on any atom is 0.129 e. The number of pyridine rings is 1. The molecule has 2 saturated heterocycles. The number of halogens is 1. The Morgan fingerprint density at radius 1 is 1.39 bits per heavy atom. The second-order valence-electron chi connectivity index (χ2n) is 5.52. The second kappa shape index (κ2) is 4.22. The SMILES string of the molecule is CN1C2CCC1CC(C#N)(c1ccc(Cl)nc1)C2. The molecule has 0 amide bonds. The number of nitriles is 1. The van der Waals surface area contributed by atoms with Gasteiger partial charge in [-0.2, -0.15) is 5.26 Å². The molecule has 2 unspecified atom stereocenters. The third-order valence-corrected chi connectivity index (χ3v) is 4.87. The van der Waals surface area contributed by atoms with Crippen molar-refractivity contribution < 1.29 is 0 Å². The van der Waals surface area contributed by atoms with Crippen molar-refractivity contribution in [3.8, 4) is 6.07 Å². The van der Waals surface area contributed by atoms with Crippen LogP contribution in [0.25, 0.3) is 0 Å². The minimum absolute atomic E-state index is 0.365. The monoisotopic (exact) mass is 261 g/mol. The van der Waals surface area contributed by atoms with E-state index in [0.29, 0.717) is 17.2 Å². The number of rotatable bonds is 1. The Balaban J connectivity index is 1.97. The highest BCUT2D eigenvalue weighted by molar-refractivity contribution is 6.29. The van der Waals surface area contributed by atoms with Gasteiger partial charge in [0.2, 0.25) is 0 Å². The molecule has 3 rings (SSSR count). The van der Waals surface area contributed by atoms with Crippen molar-refractivity contribution in [1.29, 1.82) is 5.26 Å². The smallest absolute Gasteiger partial charge is 0.129 e. The van der Waals surface area contributed by atoms with Gasteiger partial charge in [-0.15, -0.1) is 0 Å². The van der Waals surface area contributed by atoms with Gasteiger partial charge in [-0.05, 0) is 44.4 Å².